The van der Waals surface area contributed by atoms with E-state index in [4.69, 9.17) is 11.6 Å². The molecule has 0 aromatic heterocycles. The van der Waals surface area contributed by atoms with Crippen molar-refractivity contribution in [2.75, 3.05) is 13.1 Å². The molecule has 0 amide bonds. The predicted octanol–water partition coefficient (Wildman–Crippen LogP) is 5.91. The maximum absolute atomic E-state index is 11.2. The molecule has 4 heteroatoms. The third kappa shape index (κ3) is 3.70. The SMILES string of the molecule is CC(C)c1ccc(-c2ccc3c(c2)CCC3N2CCC(C(=O)O)CC2)cc1Cl. The first-order chi connectivity index (χ1) is 13.4. The minimum atomic E-state index is -0.640. The minimum Gasteiger partial charge on any atom is -0.481 e. The van der Waals surface area contributed by atoms with Gasteiger partial charge >= 0.3 is 5.97 Å². The van der Waals surface area contributed by atoms with Crippen molar-refractivity contribution in [3.8, 4) is 11.1 Å². The maximum Gasteiger partial charge on any atom is 0.306 e. The van der Waals surface area contributed by atoms with Gasteiger partial charge in [0.05, 0.1) is 5.92 Å². The van der Waals surface area contributed by atoms with Gasteiger partial charge in [0, 0.05) is 11.1 Å². The molecule has 0 saturated carbocycles. The van der Waals surface area contributed by atoms with Gasteiger partial charge in [-0.3, -0.25) is 9.69 Å². The van der Waals surface area contributed by atoms with Crippen molar-refractivity contribution in [1.82, 2.24) is 4.90 Å². The van der Waals surface area contributed by atoms with Crippen molar-refractivity contribution >= 4 is 17.6 Å². The van der Waals surface area contributed by atoms with Gasteiger partial charge in [-0.15, -0.1) is 0 Å². The number of nitrogens with zero attached hydrogens (tertiary/aromatic N) is 1. The van der Waals surface area contributed by atoms with E-state index >= 15 is 0 Å². The van der Waals surface area contributed by atoms with E-state index < -0.39 is 5.97 Å². The van der Waals surface area contributed by atoms with Crippen LogP contribution in [-0.2, 0) is 11.2 Å². The third-order valence-electron chi connectivity index (χ3n) is 6.46. The van der Waals surface area contributed by atoms with E-state index in [0.29, 0.717) is 12.0 Å². The van der Waals surface area contributed by atoms with Crippen LogP contribution in [0.15, 0.2) is 36.4 Å². The number of rotatable bonds is 4. The highest BCUT2D eigenvalue weighted by atomic mass is 35.5. The molecule has 0 spiro atoms. The number of hydrogen-bond donors (Lipinski definition) is 1. The van der Waals surface area contributed by atoms with Crippen LogP contribution in [0.25, 0.3) is 11.1 Å². The first-order valence-electron chi connectivity index (χ1n) is 10.3. The fraction of sp³-hybridized carbons (Fsp3) is 0.458. The van der Waals surface area contributed by atoms with Crippen LogP contribution in [0.4, 0.5) is 0 Å². The van der Waals surface area contributed by atoms with E-state index in [1.165, 1.54) is 27.8 Å². The Balaban J connectivity index is 1.53. The van der Waals surface area contributed by atoms with Crippen molar-refractivity contribution in [2.24, 2.45) is 5.92 Å². The van der Waals surface area contributed by atoms with Gasteiger partial charge in [-0.2, -0.15) is 0 Å². The summed E-state index contributed by atoms with van der Waals surface area (Å²) >= 11 is 6.50. The van der Waals surface area contributed by atoms with Crippen LogP contribution in [0.2, 0.25) is 5.02 Å². The van der Waals surface area contributed by atoms with E-state index in [1.54, 1.807) is 0 Å². The van der Waals surface area contributed by atoms with Crippen LogP contribution in [-0.4, -0.2) is 29.1 Å². The molecule has 0 bridgehead atoms. The first-order valence-corrected chi connectivity index (χ1v) is 10.7. The van der Waals surface area contributed by atoms with Gasteiger partial charge in [0.15, 0.2) is 0 Å². The average molecular weight is 398 g/mol. The minimum absolute atomic E-state index is 0.168. The lowest BCUT2D eigenvalue weighted by atomic mass is 9.94. The largest absolute Gasteiger partial charge is 0.481 e. The van der Waals surface area contributed by atoms with Gasteiger partial charge in [-0.1, -0.05) is 55.8 Å². The second kappa shape index (κ2) is 7.88. The monoisotopic (exact) mass is 397 g/mol. The number of carboxylic acid groups (broad SMARTS) is 1. The Morgan fingerprint density at radius 2 is 1.75 bits per heavy atom. The predicted molar refractivity (Wildman–Crippen MR) is 114 cm³/mol. The fourth-order valence-corrected chi connectivity index (χ4v) is 5.19. The molecule has 3 nitrogen and oxygen atoms in total. The summed E-state index contributed by atoms with van der Waals surface area (Å²) < 4.78 is 0. The first kappa shape index (κ1) is 19.5. The number of halogens is 1. The normalized spacial score (nSPS) is 20.5. The van der Waals surface area contributed by atoms with Crippen molar-refractivity contribution in [3.63, 3.8) is 0 Å². The summed E-state index contributed by atoms with van der Waals surface area (Å²) in [6.07, 6.45) is 3.74. The Labute approximate surface area is 172 Å². The second-order valence-electron chi connectivity index (χ2n) is 8.51. The smallest absolute Gasteiger partial charge is 0.306 e. The summed E-state index contributed by atoms with van der Waals surface area (Å²) in [6, 6.07) is 13.6. The Morgan fingerprint density at radius 1 is 1.07 bits per heavy atom. The van der Waals surface area contributed by atoms with Crippen LogP contribution < -0.4 is 0 Å². The van der Waals surface area contributed by atoms with E-state index in [9.17, 15) is 9.90 Å². The number of carbonyl (C=O) groups is 1. The number of hydrogen-bond acceptors (Lipinski definition) is 2. The Morgan fingerprint density at radius 3 is 2.39 bits per heavy atom. The number of aryl methyl sites for hydroxylation is 1. The van der Waals surface area contributed by atoms with E-state index in [-0.39, 0.29) is 5.92 Å². The number of aliphatic carboxylic acids is 1. The molecule has 1 aliphatic heterocycles. The number of likely N-dealkylation sites (tertiary alicyclic amines) is 1. The summed E-state index contributed by atoms with van der Waals surface area (Å²) in [5.41, 5.74) is 6.43. The van der Waals surface area contributed by atoms with Gasteiger partial charge < -0.3 is 5.11 Å². The molecule has 1 heterocycles. The fourth-order valence-electron chi connectivity index (χ4n) is 4.79. The Hall–Kier alpha value is -1.84. The molecule has 1 unspecified atom stereocenters. The molecular weight excluding hydrogens is 370 g/mol. The zero-order valence-electron chi connectivity index (χ0n) is 16.6. The molecule has 2 aromatic rings. The summed E-state index contributed by atoms with van der Waals surface area (Å²) in [4.78, 5) is 13.7. The highest BCUT2D eigenvalue weighted by molar-refractivity contribution is 6.31. The molecule has 1 N–H and O–H groups in total. The van der Waals surface area contributed by atoms with Gasteiger partial charge in [-0.05, 0) is 78.6 Å². The maximum atomic E-state index is 11.2. The molecule has 148 valence electrons. The highest BCUT2D eigenvalue weighted by Gasteiger charge is 2.32. The zero-order valence-corrected chi connectivity index (χ0v) is 17.4. The van der Waals surface area contributed by atoms with Crippen LogP contribution >= 0.6 is 11.6 Å². The number of benzene rings is 2. The third-order valence-corrected chi connectivity index (χ3v) is 6.79. The lowest BCUT2D eigenvalue weighted by molar-refractivity contribution is -0.143. The van der Waals surface area contributed by atoms with Crippen molar-refractivity contribution < 1.29 is 9.90 Å². The molecule has 1 atom stereocenters. The van der Waals surface area contributed by atoms with Crippen LogP contribution in [0.5, 0.6) is 0 Å². The molecule has 2 aromatic carbocycles. The lowest BCUT2D eigenvalue weighted by Gasteiger charge is -2.35. The molecular formula is C24H28ClNO2. The number of piperidine rings is 1. The van der Waals surface area contributed by atoms with E-state index in [2.05, 4.69) is 55.1 Å². The topological polar surface area (TPSA) is 40.5 Å². The molecule has 2 aliphatic rings. The summed E-state index contributed by atoms with van der Waals surface area (Å²) in [5.74, 6) is -0.385. The summed E-state index contributed by atoms with van der Waals surface area (Å²) in [7, 11) is 0. The van der Waals surface area contributed by atoms with Crippen molar-refractivity contribution in [3.05, 3.63) is 58.1 Å². The number of fused-ring (bicyclic) bond motifs is 1. The molecule has 4 rings (SSSR count). The molecule has 1 saturated heterocycles. The van der Waals surface area contributed by atoms with Gasteiger partial charge in [0.1, 0.15) is 0 Å². The Kier molecular flexibility index (Phi) is 5.48. The van der Waals surface area contributed by atoms with E-state index in [1.807, 2.05) is 0 Å². The average Bonchev–Trinajstić information content (AvgIpc) is 3.11. The Bertz CT molecular complexity index is 884. The van der Waals surface area contributed by atoms with Crippen LogP contribution in [0.3, 0.4) is 0 Å². The lowest BCUT2D eigenvalue weighted by Crippen LogP contribution is -2.38. The van der Waals surface area contributed by atoms with E-state index in [0.717, 1.165) is 43.8 Å². The molecule has 1 fully saturated rings. The van der Waals surface area contributed by atoms with Crippen LogP contribution in [0.1, 0.15) is 61.8 Å². The summed E-state index contributed by atoms with van der Waals surface area (Å²) in [6.45, 7) is 6.09. The molecule has 1 aliphatic carbocycles. The molecule has 28 heavy (non-hydrogen) atoms. The quantitative estimate of drug-likeness (QED) is 0.696. The zero-order chi connectivity index (χ0) is 19.8. The van der Waals surface area contributed by atoms with Crippen molar-refractivity contribution in [1.29, 1.82) is 0 Å². The number of carboxylic acids is 1. The molecule has 0 radical (unpaired) electrons. The van der Waals surface area contributed by atoms with Crippen LogP contribution in [0, 0.1) is 5.92 Å². The van der Waals surface area contributed by atoms with Crippen molar-refractivity contribution in [2.45, 2.75) is 51.5 Å². The van der Waals surface area contributed by atoms with Gasteiger partial charge in [0.25, 0.3) is 0 Å². The second-order valence-corrected chi connectivity index (χ2v) is 8.91. The highest BCUT2D eigenvalue weighted by Crippen LogP contribution is 2.40. The summed E-state index contributed by atoms with van der Waals surface area (Å²) in [5, 5.41) is 10.1. The van der Waals surface area contributed by atoms with Gasteiger partial charge in [-0.25, -0.2) is 0 Å². The standard InChI is InChI=1S/C24H28ClNO2/c1-15(2)20-6-3-18(14-22(20)25)17-4-7-21-19(13-17)5-8-23(21)26-11-9-16(10-12-26)24(27)28/h3-4,6-7,13-16,23H,5,8-12H2,1-2H3,(H,27,28). The van der Waals surface area contributed by atoms with Gasteiger partial charge in [0.2, 0.25) is 0 Å².